The van der Waals surface area contributed by atoms with Crippen molar-refractivity contribution in [3.8, 4) is 0 Å². The van der Waals surface area contributed by atoms with Crippen LogP contribution in [0.1, 0.15) is 16.7 Å². The van der Waals surface area contributed by atoms with Gasteiger partial charge in [-0.3, -0.25) is 19.8 Å². The first kappa shape index (κ1) is 19.7. The Balaban J connectivity index is 1.80. The minimum atomic E-state index is -0.458. The number of hydrogen-bond acceptors (Lipinski definition) is 4. The number of amidine groups is 1. The molecule has 0 N–H and O–H groups in total. The van der Waals surface area contributed by atoms with E-state index in [1.807, 2.05) is 55.5 Å². The predicted octanol–water partition coefficient (Wildman–Crippen LogP) is 5.50. The number of anilines is 1. The molecule has 0 saturated carbocycles. The topological polar surface area (TPSA) is 75.8 Å². The van der Waals surface area contributed by atoms with Gasteiger partial charge in [0.25, 0.3) is 11.6 Å². The number of hydrogen-bond donors (Lipinski definition) is 0. The van der Waals surface area contributed by atoms with Crippen LogP contribution in [0.4, 0.5) is 11.4 Å². The average Bonchev–Trinajstić information content (AvgIpc) is 3.05. The molecule has 0 unspecified atom stereocenters. The van der Waals surface area contributed by atoms with Crippen LogP contribution in [-0.2, 0) is 4.79 Å². The number of halogens is 1. The van der Waals surface area contributed by atoms with Gasteiger partial charge in [0.05, 0.1) is 10.6 Å². The number of nitro benzene ring substituents is 1. The Hall–Kier alpha value is -3.58. The molecule has 1 amide bonds. The molecule has 3 aromatic carbocycles. The lowest BCUT2D eigenvalue weighted by molar-refractivity contribution is -0.384. The summed E-state index contributed by atoms with van der Waals surface area (Å²) in [6, 6.07) is 21.2. The summed E-state index contributed by atoms with van der Waals surface area (Å²) in [4.78, 5) is 29.9. The molecule has 0 bridgehead atoms. The second-order valence-corrected chi connectivity index (χ2v) is 7.62. The molecule has 4 rings (SSSR count). The van der Waals surface area contributed by atoms with Crippen LogP contribution >= 0.6 is 15.9 Å². The van der Waals surface area contributed by atoms with Crippen LogP contribution in [0.3, 0.4) is 0 Å². The van der Waals surface area contributed by atoms with Crippen molar-refractivity contribution in [1.82, 2.24) is 0 Å². The first-order valence-corrected chi connectivity index (χ1v) is 9.94. The standard InChI is InChI=1S/C23H16BrN3O3/c1-15-6-10-17(11-7-15)26-22(19-4-2-3-5-20(19)24)25-21(23(26)28)14-16-8-12-18(13-9-16)27(29)30/h2-14H,1H3/b21-14+. The Labute approximate surface area is 181 Å². The van der Waals surface area contributed by atoms with Gasteiger partial charge >= 0.3 is 0 Å². The zero-order valence-corrected chi connectivity index (χ0v) is 17.5. The van der Waals surface area contributed by atoms with E-state index in [-0.39, 0.29) is 17.3 Å². The maximum Gasteiger partial charge on any atom is 0.282 e. The highest BCUT2D eigenvalue weighted by Crippen LogP contribution is 2.30. The van der Waals surface area contributed by atoms with Gasteiger partial charge in [-0.15, -0.1) is 0 Å². The number of carbonyl (C=O) groups excluding carboxylic acids is 1. The number of aliphatic imine (C=N–C) groups is 1. The lowest BCUT2D eigenvalue weighted by Gasteiger charge is -2.19. The lowest BCUT2D eigenvalue weighted by Crippen LogP contribution is -2.32. The molecule has 0 aromatic heterocycles. The van der Waals surface area contributed by atoms with Crippen LogP contribution in [0, 0.1) is 17.0 Å². The Morgan fingerprint density at radius 3 is 2.30 bits per heavy atom. The predicted molar refractivity (Wildman–Crippen MR) is 120 cm³/mol. The molecule has 0 spiro atoms. The summed E-state index contributed by atoms with van der Waals surface area (Å²) in [7, 11) is 0. The molecule has 7 heteroatoms. The van der Waals surface area contributed by atoms with Crippen LogP contribution in [0.5, 0.6) is 0 Å². The molecular formula is C23H16BrN3O3. The van der Waals surface area contributed by atoms with Gasteiger partial charge in [-0.25, -0.2) is 4.99 Å². The van der Waals surface area contributed by atoms with E-state index >= 15 is 0 Å². The summed E-state index contributed by atoms with van der Waals surface area (Å²) in [6.45, 7) is 1.98. The molecule has 0 aliphatic carbocycles. The number of nitrogens with zero attached hydrogens (tertiary/aromatic N) is 3. The van der Waals surface area contributed by atoms with Gasteiger partial charge in [-0.1, -0.05) is 51.8 Å². The normalized spacial score (nSPS) is 14.9. The molecule has 1 heterocycles. The van der Waals surface area contributed by atoms with Crippen molar-refractivity contribution in [2.24, 2.45) is 4.99 Å². The van der Waals surface area contributed by atoms with E-state index in [0.717, 1.165) is 15.6 Å². The van der Waals surface area contributed by atoms with Crippen LogP contribution < -0.4 is 4.90 Å². The Morgan fingerprint density at radius 2 is 1.67 bits per heavy atom. The molecule has 1 aliphatic heterocycles. The number of non-ortho nitro benzene ring substituents is 1. The van der Waals surface area contributed by atoms with E-state index in [2.05, 4.69) is 20.9 Å². The number of aryl methyl sites for hydroxylation is 1. The summed E-state index contributed by atoms with van der Waals surface area (Å²) in [5, 5.41) is 10.9. The monoisotopic (exact) mass is 461 g/mol. The Kier molecular flexibility index (Phi) is 5.29. The van der Waals surface area contributed by atoms with Crippen LogP contribution in [-0.4, -0.2) is 16.7 Å². The summed E-state index contributed by atoms with van der Waals surface area (Å²) in [5.74, 6) is 0.257. The zero-order chi connectivity index (χ0) is 21.3. The third-order valence-electron chi connectivity index (χ3n) is 4.67. The molecule has 148 valence electrons. The number of rotatable bonds is 4. The Morgan fingerprint density at radius 1 is 1.00 bits per heavy atom. The highest BCUT2D eigenvalue weighted by atomic mass is 79.9. The van der Waals surface area contributed by atoms with Gasteiger partial charge in [0, 0.05) is 22.2 Å². The summed E-state index contributed by atoms with van der Waals surface area (Å²) >= 11 is 3.54. The minimum Gasteiger partial charge on any atom is -0.266 e. The highest BCUT2D eigenvalue weighted by Gasteiger charge is 2.33. The van der Waals surface area contributed by atoms with Gasteiger partial charge < -0.3 is 0 Å². The van der Waals surface area contributed by atoms with Crippen molar-refractivity contribution in [1.29, 1.82) is 0 Å². The quantitative estimate of drug-likeness (QED) is 0.292. The third-order valence-corrected chi connectivity index (χ3v) is 5.37. The molecule has 6 nitrogen and oxygen atoms in total. The summed E-state index contributed by atoms with van der Waals surface area (Å²) in [6.07, 6.45) is 1.64. The zero-order valence-electron chi connectivity index (χ0n) is 15.9. The van der Waals surface area contributed by atoms with Crippen molar-refractivity contribution in [3.63, 3.8) is 0 Å². The molecular weight excluding hydrogens is 446 g/mol. The van der Waals surface area contributed by atoms with Gasteiger partial charge in [-0.05, 0) is 48.9 Å². The fourth-order valence-corrected chi connectivity index (χ4v) is 3.59. The van der Waals surface area contributed by atoms with E-state index in [0.29, 0.717) is 17.1 Å². The van der Waals surface area contributed by atoms with Gasteiger partial charge in [-0.2, -0.15) is 0 Å². The van der Waals surface area contributed by atoms with Crippen molar-refractivity contribution < 1.29 is 9.72 Å². The lowest BCUT2D eigenvalue weighted by atomic mass is 10.1. The SMILES string of the molecule is Cc1ccc(N2C(=O)/C(=C\c3ccc([N+](=O)[O-])cc3)N=C2c2ccccc2Br)cc1. The van der Waals surface area contributed by atoms with Crippen LogP contribution in [0.25, 0.3) is 6.08 Å². The highest BCUT2D eigenvalue weighted by molar-refractivity contribution is 9.10. The molecule has 3 aromatic rings. The second-order valence-electron chi connectivity index (χ2n) is 6.77. The number of nitro groups is 1. The first-order valence-electron chi connectivity index (χ1n) is 9.15. The van der Waals surface area contributed by atoms with Gasteiger partial charge in [0.2, 0.25) is 0 Å². The van der Waals surface area contributed by atoms with Crippen molar-refractivity contribution in [3.05, 3.63) is 110 Å². The summed E-state index contributed by atoms with van der Waals surface area (Å²) < 4.78 is 0.824. The van der Waals surface area contributed by atoms with Crippen molar-refractivity contribution in [2.75, 3.05) is 4.90 Å². The van der Waals surface area contributed by atoms with Crippen molar-refractivity contribution in [2.45, 2.75) is 6.92 Å². The third kappa shape index (κ3) is 3.79. The maximum absolute atomic E-state index is 13.3. The van der Waals surface area contributed by atoms with E-state index in [9.17, 15) is 14.9 Å². The van der Waals surface area contributed by atoms with Gasteiger partial charge in [0.15, 0.2) is 0 Å². The number of benzene rings is 3. The molecule has 0 fully saturated rings. The van der Waals surface area contributed by atoms with Gasteiger partial charge in [0.1, 0.15) is 11.5 Å². The minimum absolute atomic E-state index is 0.00594. The van der Waals surface area contributed by atoms with Crippen LogP contribution in [0.15, 0.2) is 88.0 Å². The van der Waals surface area contributed by atoms with E-state index in [1.165, 1.54) is 12.1 Å². The number of carbonyl (C=O) groups is 1. The smallest absolute Gasteiger partial charge is 0.266 e. The molecule has 0 radical (unpaired) electrons. The molecule has 30 heavy (non-hydrogen) atoms. The maximum atomic E-state index is 13.3. The second kappa shape index (κ2) is 8.04. The summed E-state index contributed by atoms with van der Waals surface area (Å²) in [5.41, 5.74) is 3.51. The van der Waals surface area contributed by atoms with E-state index in [4.69, 9.17) is 0 Å². The fourth-order valence-electron chi connectivity index (χ4n) is 3.12. The van der Waals surface area contributed by atoms with Crippen molar-refractivity contribution >= 4 is 45.1 Å². The Bertz CT molecular complexity index is 1200. The fraction of sp³-hybridized carbons (Fsp3) is 0.0435. The van der Waals surface area contributed by atoms with E-state index in [1.54, 1.807) is 23.1 Å². The first-order chi connectivity index (χ1) is 14.4. The number of amides is 1. The molecule has 1 aliphatic rings. The largest absolute Gasteiger partial charge is 0.282 e. The molecule has 0 saturated heterocycles. The van der Waals surface area contributed by atoms with E-state index < -0.39 is 4.92 Å². The average molecular weight is 462 g/mol. The molecule has 0 atom stereocenters. The van der Waals surface area contributed by atoms with Crippen LogP contribution in [0.2, 0.25) is 0 Å².